The Bertz CT molecular complexity index is 928. The van der Waals surface area contributed by atoms with Crippen molar-refractivity contribution in [1.29, 1.82) is 0 Å². The Morgan fingerprint density at radius 2 is 1.85 bits per heavy atom. The molecule has 27 heavy (non-hydrogen) atoms. The molecule has 0 unspecified atom stereocenters. The molecule has 1 saturated carbocycles. The van der Waals surface area contributed by atoms with Crippen molar-refractivity contribution < 1.29 is 14.0 Å². The minimum atomic E-state index is -0.599. The van der Waals surface area contributed by atoms with Gasteiger partial charge in [-0.1, -0.05) is 39.0 Å². The molecular weight excluding hydrogens is 340 g/mol. The van der Waals surface area contributed by atoms with Crippen LogP contribution in [0.4, 0.5) is 0 Å². The summed E-state index contributed by atoms with van der Waals surface area (Å²) in [5, 5.41) is 0. The number of amides is 2. The van der Waals surface area contributed by atoms with Gasteiger partial charge in [0.2, 0.25) is 11.8 Å². The fourth-order valence-electron chi connectivity index (χ4n) is 5.67. The van der Waals surface area contributed by atoms with E-state index in [4.69, 9.17) is 9.40 Å². The van der Waals surface area contributed by atoms with Crippen LogP contribution in [0.1, 0.15) is 52.8 Å². The fraction of sp³-hybridized carbons (Fsp3) is 0.500. The second-order valence-corrected chi connectivity index (χ2v) is 9.18. The molecule has 0 N–H and O–H groups in total. The van der Waals surface area contributed by atoms with E-state index in [0.29, 0.717) is 18.9 Å². The maximum absolute atomic E-state index is 13.2. The molecule has 3 atom stereocenters. The van der Waals surface area contributed by atoms with E-state index >= 15 is 0 Å². The van der Waals surface area contributed by atoms with Crippen LogP contribution in [0, 0.1) is 10.8 Å². The summed E-state index contributed by atoms with van der Waals surface area (Å²) in [4.78, 5) is 31.9. The van der Waals surface area contributed by atoms with Crippen molar-refractivity contribution in [2.75, 3.05) is 6.54 Å². The highest BCUT2D eigenvalue weighted by Crippen LogP contribution is 2.58. The second-order valence-electron chi connectivity index (χ2n) is 9.18. The number of para-hydroxylation sites is 2. The monoisotopic (exact) mass is 366 g/mol. The molecule has 2 aromatic rings. The smallest absolute Gasteiger partial charge is 0.252 e. The van der Waals surface area contributed by atoms with Gasteiger partial charge in [-0.05, 0) is 49.8 Å². The van der Waals surface area contributed by atoms with Crippen molar-refractivity contribution >= 4 is 22.9 Å². The topological polar surface area (TPSA) is 63.4 Å². The van der Waals surface area contributed by atoms with Gasteiger partial charge >= 0.3 is 0 Å². The number of benzene rings is 1. The highest BCUT2D eigenvalue weighted by Gasteiger charge is 2.59. The van der Waals surface area contributed by atoms with Crippen molar-refractivity contribution in [2.24, 2.45) is 10.8 Å². The third kappa shape index (κ3) is 2.80. The van der Waals surface area contributed by atoms with Crippen molar-refractivity contribution in [3.8, 4) is 0 Å². The Balaban J connectivity index is 1.74. The summed E-state index contributed by atoms with van der Waals surface area (Å²) in [6.45, 7) is 8.54. The molecule has 1 saturated heterocycles. The zero-order valence-corrected chi connectivity index (χ0v) is 16.4. The van der Waals surface area contributed by atoms with Crippen LogP contribution in [0.5, 0.6) is 0 Å². The quantitative estimate of drug-likeness (QED) is 0.746. The number of aromatic nitrogens is 1. The number of nitrogens with zero attached hydrogens (tertiary/aromatic N) is 2. The number of oxazole rings is 1. The lowest BCUT2D eigenvalue weighted by Crippen LogP contribution is -2.62. The van der Waals surface area contributed by atoms with Gasteiger partial charge in [0.1, 0.15) is 5.52 Å². The zero-order valence-electron chi connectivity index (χ0n) is 16.4. The lowest BCUT2D eigenvalue weighted by atomic mass is 9.52. The first-order chi connectivity index (χ1) is 12.7. The highest BCUT2D eigenvalue weighted by molar-refractivity contribution is 6.03. The average Bonchev–Trinajstić information content (AvgIpc) is 3.02. The summed E-state index contributed by atoms with van der Waals surface area (Å²) in [5.74, 6) is 0.400. The third-order valence-corrected chi connectivity index (χ3v) is 6.10. The van der Waals surface area contributed by atoms with Crippen LogP contribution >= 0.6 is 0 Å². The molecule has 2 amide bonds. The van der Waals surface area contributed by atoms with Crippen LogP contribution in [-0.2, 0) is 15.0 Å². The van der Waals surface area contributed by atoms with E-state index in [1.165, 1.54) is 11.0 Å². The van der Waals surface area contributed by atoms with Crippen molar-refractivity contribution in [3.63, 3.8) is 0 Å². The van der Waals surface area contributed by atoms with E-state index in [0.717, 1.165) is 23.9 Å². The van der Waals surface area contributed by atoms with Crippen LogP contribution in [0.15, 0.2) is 40.8 Å². The lowest BCUT2D eigenvalue weighted by molar-refractivity contribution is -0.167. The Hall–Kier alpha value is -2.43. The zero-order chi connectivity index (χ0) is 19.4. The third-order valence-electron chi connectivity index (χ3n) is 6.10. The normalized spacial score (nSPS) is 33.8. The summed E-state index contributed by atoms with van der Waals surface area (Å²) < 4.78 is 6.10. The van der Waals surface area contributed by atoms with E-state index in [9.17, 15) is 9.59 Å². The maximum atomic E-state index is 13.2. The number of likely N-dealkylation sites (tertiary alicyclic amines) is 1. The van der Waals surface area contributed by atoms with Crippen LogP contribution in [0.2, 0.25) is 0 Å². The molecule has 1 aromatic heterocycles. The van der Waals surface area contributed by atoms with Crippen molar-refractivity contribution in [1.82, 2.24) is 9.88 Å². The largest absolute Gasteiger partial charge is 0.440 e. The standard InChI is InChI=1S/C22H26N2O3/c1-5-8-17(25)24-14-20(2)11-21(3,13-22(4,12-20)19(24)26)18-23-15-9-6-7-10-16(15)27-18/h5-10H,11-14H2,1-4H3/b8-5+/t20-,21+,22-/m1/s1. The highest BCUT2D eigenvalue weighted by atomic mass is 16.3. The molecule has 0 radical (unpaired) electrons. The molecule has 2 bridgehead atoms. The molecule has 5 nitrogen and oxygen atoms in total. The molecule has 2 fully saturated rings. The van der Waals surface area contributed by atoms with Gasteiger partial charge in [0.05, 0.1) is 0 Å². The number of rotatable bonds is 2. The SMILES string of the molecule is C/C=C/C(=O)N1C[C@@]2(C)C[C@](C)(C[C@@](C)(c3nc4ccccc4o3)C2)C1=O. The summed E-state index contributed by atoms with van der Waals surface area (Å²) in [6, 6.07) is 7.75. The minimum Gasteiger partial charge on any atom is -0.440 e. The number of allylic oxidation sites excluding steroid dienone is 1. The molecule has 4 rings (SSSR count). The van der Waals surface area contributed by atoms with Gasteiger partial charge in [-0.15, -0.1) is 0 Å². The van der Waals surface area contributed by atoms with Crippen LogP contribution in [0.3, 0.4) is 0 Å². The van der Waals surface area contributed by atoms with Gasteiger partial charge in [-0.2, -0.15) is 0 Å². The van der Waals surface area contributed by atoms with E-state index in [1.54, 1.807) is 13.0 Å². The summed E-state index contributed by atoms with van der Waals surface area (Å²) in [7, 11) is 0. The molecule has 2 heterocycles. The number of imide groups is 1. The van der Waals surface area contributed by atoms with Gasteiger partial charge in [0.15, 0.2) is 5.58 Å². The number of carbonyl (C=O) groups is 2. The Morgan fingerprint density at radius 3 is 2.56 bits per heavy atom. The Morgan fingerprint density at radius 1 is 1.15 bits per heavy atom. The molecule has 0 spiro atoms. The van der Waals surface area contributed by atoms with Gasteiger partial charge < -0.3 is 4.42 Å². The van der Waals surface area contributed by atoms with E-state index in [1.807, 2.05) is 31.2 Å². The number of fused-ring (bicyclic) bond motifs is 3. The summed E-state index contributed by atoms with van der Waals surface area (Å²) in [6.07, 6.45) is 5.41. The Labute approximate surface area is 159 Å². The molecule has 5 heteroatoms. The lowest BCUT2D eigenvalue weighted by Gasteiger charge is -2.56. The van der Waals surface area contributed by atoms with Crippen LogP contribution in [-0.4, -0.2) is 28.2 Å². The van der Waals surface area contributed by atoms with Gasteiger partial charge in [-0.3, -0.25) is 14.5 Å². The summed E-state index contributed by atoms with van der Waals surface area (Å²) in [5.41, 5.74) is 0.518. The first-order valence-electron chi connectivity index (χ1n) is 9.53. The first kappa shape index (κ1) is 18.0. The predicted molar refractivity (Wildman–Crippen MR) is 103 cm³/mol. The van der Waals surface area contributed by atoms with E-state index in [2.05, 4.69) is 13.8 Å². The van der Waals surface area contributed by atoms with Gasteiger partial charge in [-0.25, -0.2) is 4.98 Å². The second kappa shape index (κ2) is 5.78. The summed E-state index contributed by atoms with van der Waals surface area (Å²) >= 11 is 0. The van der Waals surface area contributed by atoms with Crippen LogP contribution < -0.4 is 0 Å². The molecular formula is C22H26N2O3. The van der Waals surface area contributed by atoms with Crippen molar-refractivity contribution in [2.45, 2.75) is 52.4 Å². The number of piperidine rings is 1. The molecule has 1 aliphatic heterocycles. The average molecular weight is 366 g/mol. The number of hydrogen-bond donors (Lipinski definition) is 0. The van der Waals surface area contributed by atoms with Gasteiger partial charge in [0.25, 0.3) is 5.91 Å². The predicted octanol–water partition coefficient (Wildman–Crippen LogP) is 4.23. The van der Waals surface area contributed by atoms with Crippen molar-refractivity contribution in [3.05, 3.63) is 42.3 Å². The van der Waals surface area contributed by atoms with E-state index in [-0.39, 0.29) is 22.6 Å². The molecule has 142 valence electrons. The minimum absolute atomic E-state index is 0.0786. The number of carbonyl (C=O) groups excluding carboxylic acids is 2. The molecule has 1 aromatic carbocycles. The van der Waals surface area contributed by atoms with E-state index < -0.39 is 5.41 Å². The first-order valence-corrected chi connectivity index (χ1v) is 9.53. The molecule has 1 aliphatic carbocycles. The Kier molecular flexibility index (Phi) is 3.85. The fourth-order valence-corrected chi connectivity index (χ4v) is 5.67. The maximum Gasteiger partial charge on any atom is 0.252 e. The van der Waals surface area contributed by atoms with Crippen LogP contribution in [0.25, 0.3) is 11.1 Å². The van der Waals surface area contributed by atoms with Gasteiger partial charge in [0, 0.05) is 17.4 Å². The number of hydrogen-bond acceptors (Lipinski definition) is 4. The molecule has 2 aliphatic rings.